The van der Waals surface area contributed by atoms with Gasteiger partial charge in [0, 0.05) is 6.42 Å². The Bertz CT molecular complexity index is 392. The summed E-state index contributed by atoms with van der Waals surface area (Å²) in [5.41, 5.74) is 1.09. The van der Waals surface area contributed by atoms with Crippen molar-refractivity contribution in [3.63, 3.8) is 0 Å². The quantitative estimate of drug-likeness (QED) is 0.900. The van der Waals surface area contributed by atoms with Crippen molar-refractivity contribution in [2.75, 3.05) is 13.2 Å². The van der Waals surface area contributed by atoms with Gasteiger partial charge in [-0.3, -0.25) is 4.79 Å². The number of fused-ring (bicyclic) bond motifs is 1. The van der Waals surface area contributed by atoms with Crippen molar-refractivity contribution in [1.82, 2.24) is 0 Å². The fourth-order valence-electron chi connectivity index (χ4n) is 1.69. The van der Waals surface area contributed by atoms with E-state index in [-0.39, 0.29) is 18.8 Å². The van der Waals surface area contributed by atoms with E-state index < -0.39 is 5.97 Å². The first-order valence-electron chi connectivity index (χ1n) is 5.36. The lowest BCUT2D eigenvalue weighted by Gasteiger charge is -2.18. The van der Waals surface area contributed by atoms with Gasteiger partial charge in [-0.1, -0.05) is 6.07 Å². The Labute approximate surface area is 106 Å². The lowest BCUT2D eigenvalue weighted by atomic mass is 10.1. The molecule has 0 aromatic heterocycles. The minimum Gasteiger partial charge on any atom is -0.486 e. The largest absolute Gasteiger partial charge is 0.486 e. The molecular formula is C12H15ClO4. The van der Waals surface area contributed by atoms with Gasteiger partial charge in [-0.15, -0.1) is 12.4 Å². The van der Waals surface area contributed by atoms with Gasteiger partial charge in [-0.05, 0) is 30.5 Å². The van der Waals surface area contributed by atoms with Crippen LogP contribution in [0, 0.1) is 0 Å². The average molecular weight is 259 g/mol. The Morgan fingerprint density at radius 2 is 1.94 bits per heavy atom. The average Bonchev–Trinajstić information content (AvgIpc) is 2.28. The summed E-state index contributed by atoms with van der Waals surface area (Å²) >= 11 is 0. The maximum Gasteiger partial charge on any atom is 0.303 e. The van der Waals surface area contributed by atoms with Crippen LogP contribution in [0.1, 0.15) is 18.4 Å². The Hall–Kier alpha value is -1.42. The molecule has 0 atom stereocenters. The fourth-order valence-corrected chi connectivity index (χ4v) is 1.69. The van der Waals surface area contributed by atoms with E-state index in [2.05, 4.69) is 0 Å². The van der Waals surface area contributed by atoms with Crippen LogP contribution in [-0.4, -0.2) is 24.3 Å². The third-order valence-corrected chi connectivity index (χ3v) is 2.46. The molecule has 4 nitrogen and oxygen atoms in total. The molecule has 1 aliphatic rings. The molecule has 0 aliphatic carbocycles. The highest BCUT2D eigenvalue weighted by molar-refractivity contribution is 5.85. The molecule has 0 radical (unpaired) electrons. The van der Waals surface area contributed by atoms with Crippen molar-refractivity contribution in [2.24, 2.45) is 0 Å². The molecule has 1 aromatic rings. The molecule has 1 N–H and O–H groups in total. The van der Waals surface area contributed by atoms with Gasteiger partial charge in [-0.2, -0.15) is 0 Å². The molecule has 1 heterocycles. The van der Waals surface area contributed by atoms with Crippen LogP contribution < -0.4 is 9.47 Å². The highest BCUT2D eigenvalue weighted by Crippen LogP contribution is 2.31. The fraction of sp³-hybridized carbons (Fsp3) is 0.417. The molecule has 0 saturated heterocycles. The molecule has 0 spiro atoms. The zero-order valence-electron chi connectivity index (χ0n) is 9.35. The van der Waals surface area contributed by atoms with E-state index in [0.29, 0.717) is 19.6 Å². The summed E-state index contributed by atoms with van der Waals surface area (Å²) in [5.74, 6) is 0.782. The van der Waals surface area contributed by atoms with Gasteiger partial charge in [0.25, 0.3) is 0 Å². The topological polar surface area (TPSA) is 55.8 Å². The molecule has 17 heavy (non-hydrogen) atoms. The van der Waals surface area contributed by atoms with Crippen LogP contribution in [0.5, 0.6) is 11.5 Å². The number of aryl methyl sites for hydroxylation is 1. The highest BCUT2D eigenvalue weighted by Gasteiger charge is 2.11. The second kappa shape index (κ2) is 6.35. The summed E-state index contributed by atoms with van der Waals surface area (Å²) in [6, 6.07) is 5.76. The Kier molecular flexibility index (Phi) is 5.10. The van der Waals surface area contributed by atoms with Crippen LogP contribution in [-0.2, 0) is 11.2 Å². The van der Waals surface area contributed by atoms with Crippen LogP contribution >= 0.6 is 12.4 Å². The van der Waals surface area contributed by atoms with Gasteiger partial charge in [0.2, 0.25) is 0 Å². The SMILES string of the molecule is Cl.O=C(O)CCCc1ccc2c(c1)OCCO2. The number of aliphatic carboxylic acids is 1. The predicted molar refractivity (Wildman–Crippen MR) is 65.3 cm³/mol. The molecular weight excluding hydrogens is 244 g/mol. The number of rotatable bonds is 4. The van der Waals surface area contributed by atoms with Crippen LogP contribution in [0.3, 0.4) is 0 Å². The molecule has 2 rings (SSSR count). The van der Waals surface area contributed by atoms with Crippen LogP contribution in [0.4, 0.5) is 0 Å². The molecule has 0 fully saturated rings. The lowest BCUT2D eigenvalue weighted by molar-refractivity contribution is -0.137. The zero-order valence-corrected chi connectivity index (χ0v) is 10.2. The summed E-state index contributed by atoms with van der Waals surface area (Å²) < 4.78 is 10.9. The lowest BCUT2D eigenvalue weighted by Crippen LogP contribution is -2.15. The Balaban J connectivity index is 0.00000144. The first kappa shape index (κ1) is 13.6. The van der Waals surface area contributed by atoms with Gasteiger partial charge >= 0.3 is 5.97 Å². The molecule has 0 bridgehead atoms. The second-order valence-corrected chi connectivity index (χ2v) is 3.73. The first-order chi connectivity index (χ1) is 7.75. The van der Waals surface area contributed by atoms with E-state index in [0.717, 1.165) is 23.5 Å². The number of carbonyl (C=O) groups is 1. The monoisotopic (exact) mass is 258 g/mol. The van der Waals surface area contributed by atoms with Gasteiger partial charge in [0.1, 0.15) is 13.2 Å². The van der Waals surface area contributed by atoms with E-state index >= 15 is 0 Å². The first-order valence-corrected chi connectivity index (χ1v) is 5.36. The standard InChI is InChI=1S/C12H14O4.ClH/c13-12(14)3-1-2-9-4-5-10-11(8-9)16-7-6-15-10;/h4-5,8H,1-3,6-7H2,(H,13,14);1H. The second-order valence-electron chi connectivity index (χ2n) is 3.73. The third kappa shape index (κ3) is 3.82. The molecule has 0 amide bonds. The van der Waals surface area contributed by atoms with Crippen molar-refractivity contribution in [3.8, 4) is 11.5 Å². The summed E-state index contributed by atoms with van der Waals surface area (Å²) in [5, 5.41) is 8.54. The van der Waals surface area contributed by atoms with Crippen molar-refractivity contribution >= 4 is 18.4 Å². The van der Waals surface area contributed by atoms with Crippen molar-refractivity contribution < 1.29 is 19.4 Å². The molecule has 94 valence electrons. The Morgan fingerprint density at radius 1 is 1.24 bits per heavy atom. The summed E-state index contributed by atoms with van der Waals surface area (Å²) in [6.45, 7) is 1.16. The predicted octanol–water partition coefficient (Wildman–Crippen LogP) is 2.29. The zero-order chi connectivity index (χ0) is 11.4. The summed E-state index contributed by atoms with van der Waals surface area (Å²) in [7, 11) is 0. The molecule has 0 unspecified atom stereocenters. The minimum atomic E-state index is -0.752. The number of halogens is 1. The molecule has 5 heteroatoms. The van der Waals surface area contributed by atoms with E-state index in [9.17, 15) is 4.79 Å². The van der Waals surface area contributed by atoms with Crippen molar-refractivity contribution in [3.05, 3.63) is 23.8 Å². The number of ether oxygens (including phenoxy) is 2. The van der Waals surface area contributed by atoms with E-state index in [1.165, 1.54) is 0 Å². The van der Waals surface area contributed by atoms with Crippen LogP contribution in [0.2, 0.25) is 0 Å². The highest BCUT2D eigenvalue weighted by atomic mass is 35.5. The van der Waals surface area contributed by atoms with Crippen molar-refractivity contribution in [2.45, 2.75) is 19.3 Å². The number of carboxylic acid groups (broad SMARTS) is 1. The number of benzene rings is 1. The number of hydrogen-bond acceptors (Lipinski definition) is 3. The maximum absolute atomic E-state index is 10.4. The van der Waals surface area contributed by atoms with Crippen LogP contribution in [0.25, 0.3) is 0 Å². The van der Waals surface area contributed by atoms with Crippen molar-refractivity contribution in [1.29, 1.82) is 0 Å². The number of carboxylic acids is 1. The smallest absolute Gasteiger partial charge is 0.303 e. The van der Waals surface area contributed by atoms with Gasteiger partial charge < -0.3 is 14.6 Å². The molecule has 1 aromatic carbocycles. The van der Waals surface area contributed by atoms with Gasteiger partial charge in [0.05, 0.1) is 0 Å². The summed E-state index contributed by atoms with van der Waals surface area (Å²) in [6.07, 6.45) is 1.60. The molecule has 1 aliphatic heterocycles. The molecule has 0 saturated carbocycles. The third-order valence-electron chi connectivity index (χ3n) is 2.46. The Morgan fingerprint density at radius 3 is 2.65 bits per heavy atom. The van der Waals surface area contributed by atoms with Gasteiger partial charge in [-0.25, -0.2) is 0 Å². The normalized spacial score (nSPS) is 12.7. The van der Waals surface area contributed by atoms with Gasteiger partial charge in [0.15, 0.2) is 11.5 Å². The van der Waals surface area contributed by atoms with E-state index in [4.69, 9.17) is 14.6 Å². The minimum absolute atomic E-state index is 0. The summed E-state index contributed by atoms with van der Waals surface area (Å²) in [4.78, 5) is 10.4. The van der Waals surface area contributed by atoms with E-state index in [1.54, 1.807) is 0 Å². The van der Waals surface area contributed by atoms with E-state index in [1.807, 2.05) is 18.2 Å². The number of hydrogen-bond donors (Lipinski definition) is 1. The maximum atomic E-state index is 10.4. The van der Waals surface area contributed by atoms with Crippen LogP contribution in [0.15, 0.2) is 18.2 Å².